The smallest absolute Gasteiger partial charge is 0.235 e. The van der Waals surface area contributed by atoms with Crippen LogP contribution in [0.25, 0.3) is 10.8 Å². The molecule has 0 aliphatic heterocycles. The highest BCUT2D eigenvalue weighted by atomic mass is 35.5. The lowest BCUT2D eigenvalue weighted by molar-refractivity contribution is -0.124. The van der Waals surface area contributed by atoms with E-state index in [0.717, 1.165) is 16.5 Å². The molecule has 3 nitrogen and oxygen atoms in total. The highest BCUT2D eigenvalue weighted by molar-refractivity contribution is 7.80. The van der Waals surface area contributed by atoms with Crippen molar-refractivity contribution in [3.8, 4) is 0 Å². The van der Waals surface area contributed by atoms with Gasteiger partial charge < -0.3 is 10.2 Å². The van der Waals surface area contributed by atoms with E-state index < -0.39 is 9.75 Å². The first-order valence-corrected chi connectivity index (χ1v) is 8.95. The number of halogens is 2. The van der Waals surface area contributed by atoms with Crippen LogP contribution in [0.15, 0.2) is 42.5 Å². The predicted octanol–water partition coefficient (Wildman–Crippen LogP) is 4.65. The second-order valence-electron chi connectivity index (χ2n) is 6.22. The van der Waals surface area contributed by atoms with Crippen molar-refractivity contribution in [2.75, 3.05) is 11.4 Å². The molecule has 0 aromatic heterocycles. The van der Waals surface area contributed by atoms with Crippen LogP contribution in [0.5, 0.6) is 0 Å². The Kier molecular flexibility index (Phi) is 4.49. The van der Waals surface area contributed by atoms with Crippen LogP contribution in [0.3, 0.4) is 0 Å². The Morgan fingerprint density at radius 3 is 2.50 bits per heavy atom. The molecule has 0 bridgehead atoms. The monoisotopic (exact) mass is 380 g/mol. The number of hydrogen-bond acceptors (Lipinski definition) is 2. The summed E-state index contributed by atoms with van der Waals surface area (Å²) in [6, 6.07) is 14.1. The molecule has 2 aromatic carbocycles. The normalized spacial score (nSPS) is 21.3. The van der Waals surface area contributed by atoms with E-state index in [1.807, 2.05) is 42.2 Å². The third kappa shape index (κ3) is 2.87. The van der Waals surface area contributed by atoms with Crippen molar-refractivity contribution in [3.63, 3.8) is 0 Å². The molecule has 1 amide bonds. The number of nitrogens with zero attached hydrogens (tertiary/aromatic N) is 1. The number of nitrogens with one attached hydrogen (secondary N) is 1. The third-order valence-electron chi connectivity index (χ3n) is 4.60. The van der Waals surface area contributed by atoms with Crippen molar-refractivity contribution >= 4 is 62.9 Å². The van der Waals surface area contributed by atoms with Gasteiger partial charge in [-0.3, -0.25) is 4.79 Å². The summed E-state index contributed by atoms with van der Waals surface area (Å²) in [5.41, 5.74) is 0.170. The molecule has 1 fully saturated rings. The van der Waals surface area contributed by atoms with Crippen LogP contribution in [0, 0.1) is 5.41 Å². The van der Waals surface area contributed by atoms with E-state index in [1.54, 1.807) is 6.92 Å². The third-order valence-corrected chi connectivity index (χ3v) is 6.02. The molecule has 1 aliphatic rings. The number of fused-ring (bicyclic) bond motifs is 1. The van der Waals surface area contributed by atoms with E-state index in [1.165, 1.54) is 0 Å². The van der Waals surface area contributed by atoms with E-state index in [2.05, 4.69) is 17.4 Å². The Hall–Kier alpha value is -1.36. The first kappa shape index (κ1) is 17.5. The molecule has 1 saturated carbocycles. The summed E-state index contributed by atoms with van der Waals surface area (Å²) in [7, 11) is 0. The maximum Gasteiger partial charge on any atom is 0.235 e. The summed E-state index contributed by atoms with van der Waals surface area (Å²) in [4.78, 5) is 14.4. The first-order chi connectivity index (χ1) is 11.3. The average molecular weight is 381 g/mol. The van der Waals surface area contributed by atoms with Gasteiger partial charge in [-0.05, 0) is 43.9 Å². The summed E-state index contributed by atoms with van der Waals surface area (Å²) in [5.74, 6) is -0.240. The fourth-order valence-electron chi connectivity index (χ4n) is 2.82. The second kappa shape index (κ2) is 6.17. The fraction of sp³-hybridized carbons (Fsp3) is 0.333. The van der Waals surface area contributed by atoms with Crippen molar-refractivity contribution in [1.82, 2.24) is 5.32 Å². The lowest BCUT2D eigenvalue weighted by Gasteiger charge is -2.26. The van der Waals surface area contributed by atoms with Gasteiger partial charge >= 0.3 is 0 Å². The lowest BCUT2D eigenvalue weighted by atomic mass is 10.1. The van der Waals surface area contributed by atoms with Crippen LogP contribution in [-0.4, -0.2) is 21.9 Å². The van der Waals surface area contributed by atoms with Gasteiger partial charge in [-0.15, -0.1) is 23.2 Å². The number of alkyl halides is 2. The number of carbonyl (C=O) groups excluding carboxylic acids is 1. The molecule has 1 atom stereocenters. The number of hydrogen-bond donors (Lipinski definition) is 1. The first-order valence-electron chi connectivity index (χ1n) is 7.79. The minimum atomic E-state index is -1.01. The van der Waals surface area contributed by atoms with Crippen molar-refractivity contribution in [2.24, 2.45) is 5.41 Å². The number of carbonyl (C=O) groups is 1. The van der Waals surface area contributed by atoms with Gasteiger partial charge in [-0.2, -0.15) is 0 Å². The van der Waals surface area contributed by atoms with Crippen molar-refractivity contribution in [3.05, 3.63) is 42.5 Å². The maximum atomic E-state index is 12.5. The Morgan fingerprint density at radius 2 is 1.88 bits per heavy atom. The summed E-state index contributed by atoms with van der Waals surface area (Å²) in [6.45, 7) is 4.38. The molecule has 0 spiro atoms. The van der Waals surface area contributed by atoms with Crippen LogP contribution < -0.4 is 10.2 Å². The molecule has 0 saturated heterocycles. The van der Waals surface area contributed by atoms with Crippen LogP contribution in [0.1, 0.15) is 20.3 Å². The topological polar surface area (TPSA) is 32.3 Å². The molecule has 0 radical (unpaired) electrons. The highest BCUT2D eigenvalue weighted by Gasteiger charge is 2.68. The zero-order valence-electron chi connectivity index (χ0n) is 13.5. The standard InChI is InChI=1S/C18H18Cl2N2OS/c1-3-22(14-10-6-8-12-7-4-5-9-13(12)14)16(24)21-15(23)17(2)11-18(17,19)20/h4-10H,3,11H2,1-2H3,(H,21,23,24). The van der Waals surface area contributed by atoms with Crippen molar-refractivity contribution in [1.29, 1.82) is 0 Å². The molecule has 24 heavy (non-hydrogen) atoms. The quantitative estimate of drug-likeness (QED) is 0.621. The maximum absolute atomic E-state index is 12.5. The van der Waals surface area contributed by atoms with E-state index >= 15 is 0 Å². The molecular formula is C18H18Cl2N2OS. The summed E-state index contributed by atoms with van der Waals surface area (Å²) in [5, 5.41) is 5.37. The van der Waals surface area contributed by atoms with E-state index in [0.29, 0.717) is 18.1 Å². The van der Waals surface area contributed by atoms with Crippen LogP contribution in [0.2, 0.25) is 0 Å². The van der Waals surface area contributed by atoms with Crippen LogP contribution in [-0.2, 0) is 4.79 Å². The Balaban J connectivity index is 1.86. The molecular weight excluding hydrogens is 363 g/mol. The molecule has 3 rings (SSSR count). The minimum absolute atomic E-state index is 0.240. The predicted molar refractivity (Wildman–Crippen MR) is 105 cm³/mol. The summed E-state index contributed by atoms with van der Waals surface area (Å²) < 4.78 is -1.01. The van der Waals surface area contributed by atoms with Gasteiger partial charge in [0.1, 0.15) is 4.33 Å². The van der Waals surface area contributed by atoms with Gasteiger partial charge in [0.15, 0.2) is 5.11 Å². The Bertz CT molecular complexity index is 818. The van der Waals surface area contributed by atoms with Gasteiger partial charge in [0, 0.05) is 11.9 Å². The largest absolute Gasteiger partial charge is 0.318 e. The SMILES string of the molecule is CCN(C(=S)NC(=O)C1(C)CC1(Cl)Cl)c1cccc2ccccc12. The molecule has 1 aliphatic carbocycles. The molecule has 126 valence electrons. The van der Waals surface area contributed by atoms with Gasteiger partial charge in [0.25, 0.3) is 0 Å². The fourth-order valence-corrected chi connectivity index (χ4v) is 3.84. The Morgan fingerprint density at radius 1 is 1.25 bits per heavy atom. The van der Waals surface area contributed by atoms with Crippen LogP contribution in [0.4, 0.5) is 5.69 Å². The zero-order valence-corrected chi connectivity index (χ0v) is 15.8. The zero-order chi connectivity index (χ0) is 17.5. The molecule has 0 heterocycles. The van der Waals surface area contributed by atoms with Crippen molar-refractivity contribution in [2.45, 2.75) is 24.6 Å². The molecule has 2 aromatic rings. The average Bonchev–Trinajstić information content (AvgIpc) is 3.08. The van der Waals surface area contributed by atoms with E-state index in [9.17, 15) is 4.79 Å². The Labute approximate surface area is 156 Å². The van der Waals surface area contributed by atoms with Crippen molar-refractivity contribution < 1.29 is 4.79 Å². The van der Waals surface area contributed by atoms with Gasteiger partial charge in [-0.25, -0.2) is 0 Å². The van der Waals surface area contributed by atoms with E-state index in [4.69, 9.17) is 35.4 Å². The van der Waals surface area contributed by atoms with Crippen LogP contribution >= 0.6 is 35.4 Å². The van der Waals surface area contributed by atoms with E-state index in [-0.39, 0.29) is 5.91 Å². The van der Waals surface area contributed by atoms with Gasteiger partial charge in [0.05, 0.1) is 11.1 Å². The summed E-state index contributed by atoms with van der Waals surface area (Å²) >= 11 is 17.6. The lowest BCUT2D eigenvalue weighted by Crippen LogP contribution is -2.46. The summed E-state index contributed by atoms with van der Waals surface area (Å²) in [6.07, 6.45) is 0.429. The number of rotatable bonds is 3. The molecule has 1 N–H and O–H groups in total. The minimum Gasteiger partial charge on any atom is -0.318 e. The number of anilines is 1. The second-order valence-corrected chi connectivity index (χ2v) is 8.09. The number of benzene rings is 2. The number of thiocarbonyl (C=S) groups is 1. The number of amides is 1. The molecule has 1 unspecified atom stereocenters. The van der Waals surface area contributed by atoms with Gasteiger partial charge in [0.2, 0.25) is 5.91 Å². The van der Waals surface area contributed by atoms with Gasteiger partial charge in [-0.1, -0.05) is 36.4 Å². The highest BCUT2D eigenvalue weighted by Crippen LogP contribution is 2.63. The molecule has 6 heteroatoms.